The highest BCUT2D eigenvalue weighted by atomic mass is 127. The van der Waals surface area contributed by atoms with Gasteiger partial charge in [-0.25, -0.2) is 4.98 Å². The van der Waals surface area contributed by atoms with E-state index in [2.05, 4.69) is 20.6 Å². The summed E-state index contributed by atoms with van der Waals surface area (Å²) in [7, 11) is 4.88. The minimum absolute atomic E-state index is 0. The van der Waals surface area contributed by atoms with Crippen LogP contribution in [0.15, 0.2) is 41.5 Å². The van der Waals surface area contributed by atoms with Crippen molar-refractivity contribution in [2.75, 3.05) is 39.7 Å². The molecule has 1 heterocycles. The van der Waals surface area contributed by atoms with Gasteiger partial charge in [-0.15, -0.1) is 24.0 Å². The van der Waals surface area contributed by atoms with Crippen molar-refractivity contribution in [3.8, 4) is 17.4 Å². The lowest BCUT2D eigenvalue weighted by molar-refractivity contribution is 0.310. The molecule has 7 nitrogen and oxygen atoms in total. The van der Waals surface area contributed by atoms with Gasteiger partial charge in [0.15, 0.2) is 17.5 Å². The van der Waals surface area contributed by atoms with E-state index in [0.717, 1.165) is 5.69 Å². The van der Waals surface area contributed by atoms with Crippen molar-refractivity contribution >= 4 is 47.2 Å². The molecular weight excluding hydrogens is 471 g/mol. The Morgan fingerprint density at radius 1 is 1.19 bits per heavy atom. The van der Waals surface area contributed by atoms with E-state index >= 15 is 0 Å². The van der Waals surface area contributed by atoms with Gasteiger partial charge in [-0.3, -0.25) is 4.99 Å². The Morgan fingerprint density at radius 2 is 1.96 bits per heavy atom. The highest BCUT2D eigenvalue weighted by Gasteiger charge is 2.06. The highest BCUT2D eigenvalue weighted by Crippen LogP contribution is 2.29. The van der Waals surface area contributed by atoms with Gasteiger partial charge in [0.05, 0.1) is 20.8 Å². The molecule has 0 saturated carbocycles. The van der Waals surface area contributed by atoms with Crippen LogP contribution in [0.2, 0.25) is 5.02 Å². The Balaban J connectivity index is 0.00000338. The zero-order chi connectivity index (χ0) is 18.1. The Bertz CT molecular complexity index is 731. The molecule has 26 heavy (non-hydrogen) atoms. The summed E-state index contributed by atoms with van der Waals surface area (Å²) in [5.74, 6) is 2.31. The summed E-state index contributed by atoms with van der Waals surface area (Å²) in [6.07, 6.45) is 1.63. The summed E-state index contributed by atoms with van der Waals surface area (Å²) in [5.41, 5.74) is 0.819. The first-order valence-corrected chi connectivity index (χ1v) is 7.98. The van der Waals surface area contributed by atoms with Gasteiger partial charge >= 0.3 is 0 Å². The molecule has 9 heteroatoms. The summed E-state index contributed by atoms with van der Waals surface area (Å²) < 4.78 is 16.0. The molecule has 0 radical (unpaired) electrons. The molecule has 0 amide bonds. The van der Waals surface area contributed by atoms with Gasteiger partial charge < -0.3 is 24.8 Å². The Labute approximate surface area is 175 Å². The Hall–Kier alpha value is -1.94. The lowest BCUT2D eigenvalue weighted by Crippen LogP contribution is -2.33. The van der Waals surface area contributed by atoms with Crippen LogP contribution in [0, 0.1) is 0 Å². The molecule has 0 saturated heterocycles. The van der Waals surface area contributed by atoms with Gasteiger partial charge in [0, 0.05) is 25.0 Å². The van der Waals surface area contributed by atoms with Gasteiger partial charge in [-0.05, 0) is 24.3 Å². The standard InChI is InChI=1S/C17H21ClN4O3.HI/c1-19-17(21-9-10-25-16-13(18)5-4-8-20-16)22-12-6-7-14(23-2)15(11-12)24-3;/h4-8,11H,9-10H2,1-3H3,(H2,19,21,22);1H. The molecule has 0 unspecified atom stereocenters. The van der Waals surface area contributed by atoms with E-state index in [1.165, 1.54) is 0 Å². The number of hydrogen-bond donors (Lipinski definition) is 2. The van der Waals surface area contributed by atoms with Crippen LogP contribution in [-0.4, -0.2) is 45.4 Å². The van der Waals surface area contributed by atoms with Crippen LogP contribution in [0.5, 0.6) is 17.4 Å². The average Bonchev–Trinajstić information content (AvgIpc) is 2.65. The molecule has 1 aromatic heterocycles. The fraction of sp³-hybridized carbons (Fsp3) is 0.294. The minimum atomic E-state index is 0. The normalized spacial score (nSPS) is 10.5. The first kappa shape index (κ1) is 22.1. The summed E-state index contributed by atoms with van der Waals surface area (Å²) in [5, 5.41) is 6.80. The molecule has 0 aliphatic carbocycles. The van der Waals surface area contributed by atoms with Crippen molar-refractivity contribution in [2.24, 2.45) is 4.99 Å². The van der Waals surface area contributed by atoms with Crippen molar-refractivity contribution in [3.63, 3.8) is 0 Å². The van der Waals surface area contributed by atoms with Crippen molar-refractivity contribution in [1.82, 2.24) is 10.3 Å². The van der Waals surface area contributed by atoms with Crippen LogP contribution >= 0.6 is 35.6 Å². The van der Waals surface area contributed by atoms with Crippen LogP contribution in [0.4, 0.5) is 5.69 Å². The van der Waals surface area contributed by atoms with E-state index in [9.17, 15) is 0 Å². The number of pyridine rings is 1. The third-order valence-electron chi connectivity index (χ3n) is 3.23. The van der Waals surface area contributed by atoms with Crippen molar-refractivity contribution in [2.45, 2.75) is 0 Å². The second-order valence-corrected chi connectivity index (χ2v) is 5.24. The molecule has 0 atom stereocenters. The van der Waals surface area contributed by atoms with Gasteiger partial charge in [0.2, 0.25) is 5.88 Å². The largest absolute Gasteiger partial charge is 0.493 e. The number of ether oxygens (including phenoxy) is 3. The third-order valence-corrected chi connectivity index (χ3v) is 3.52. The van der Waals surface area contributed by atoms with E-state index in [-0.39, 0.29) is 24.0 Å². The van der Waals surface area contributed by atoms with Crippen LogP contribution in [0.3, 0.4) is 0 Å². The minimum Gasteiger partial charge on any atom is -0.493 e. The third kappa shape index (κ3) is 6.41. The Kier molecular flexibility index (Phi) is 9.89. The predicted molar refractivity (Wildman–Crippen MR) is 115 cm³/mol. The zero-order valence-electron chi connectivity index (χ0n) is 14.8. The zero-order valence-corrected chi connectivity index (χ0v) is 17.9. The molecule has 2 aromatic rings. The molecule has 0 fully saturated rings. The number of hydrogen-bond acceptors (Lipinski definition) is 5. The highest BCUT2D eigenvalue weighted by molar-refractivity contribution is 14.0. The molecule has 1 aromatic carbocycles. The van der Waals surface area contributed by atoms with Gasteiger partial charge in [-0.1, -0.05) is 11.6 Å². The lowest BCUT2D eigenvalue weighted by atomic mass is 10.3. The molecule has 2 N–H and O–H groups in total. The number of guanidine groups is 1. The van der Waals surface area contributed by atoms with E-state index in [1.54, 1.807) is 39.6 Å². The second-order valence-electron chi connectivity index (χ2n) is 4.83. The van der Waals surface area contributed by atoms with Crippen molar-refractivity contribution in [3.05, 3.63) is 41.6 Å². The number of nitrogens with zero attached hydrogens (tertiary/aromatic N) is 2. The molecule has 0 bridgehead atoms. The van der Waals surface area contributed by atoms with Crippen molar-refractivity contribution < 1.29 is 14.2 Å². The van der Waals surface area contributed by atoms with E-state index in [0.29, 0.717) is 41.5 Å². The Morgan fingerprint density at radius 3 is 2.62 bits per heavy atom. The van der Waals surface area contributed by atoms with Crippen LogP contribution in [0.1, 0.15) is 0 Å². The summed E-state index contributed by atoms with van der Waals surface area (Å²) in [6.45, 7) is 0.920. The fourth-order valence-corrected chi connectivity index (χ4v) is 2.20. The van der Waals surface area contributed by atoms with Gasteiger partial charge in [-0.2, -0.15) is 0 Å². The molecular formula is C17H22ClIN4O3. The number of aromatic nitrogens is 1. The first-order chi connectivity index (χ1) is 12.2. The number of halogens is 2. The molecule has 0 spiro atoms. The average molecular weight is 493 g/mol. The van der Waals surface area contributed by atoms with Gasteiger partial charge in [0.1, 0.15) is 11.6 Å². The van der Waals surface area contributed by atoms with Crippen molar-refractivity contribution in [1.29, 1.82) is 0 Å². The second kappa shape index (κ2) is 11.6. The van der Waals surface area contributed by atoms with Crippen LogP contribution < -0.4 is 24.8 Å². The van der Waals surface area contributed by atoms with Crippen LogP contribution in [-0.2, 0) is 0 Å². The number of rotatable bonds is 7. The smallest absolute Gasteiger partial charge is 0.232 e. The quantitative estimate of drug-likeness (QED) is 0.267. The number of nitrogens with one attached hydrogen (secondary N) is 2. The number of aliphatic imine (C=N–C) groups is 1. The summed E-state index contributed by atoms with van der Waals surface area (Å²) in [4.78, 5) is 8.23. The number of methoxy groups -OCH3 is 2. The number of benzene rings is 1. The topological polar surface area (TPSA) is 77.0 Å². The first-order valence-electron chi connectivity index (χ1n) is 7.61. The van der Waals surface area contributed by atoms with Gasteiger partial charge in [0.25, 0.3) is 0 Å². The molecule has 142 valence electrons. The molecule has 0 aliphatic heterocycles. The van der Waals surface area contributed by atoms with E-state index in [4.69, 9.17) is 25.8 Å². The SMILES string of the molecule is CN=C(NCCOc1ncccc1Cl)Nc1ccc(OC)c(OC)c1.I. The van der Waals surface area contributed by atoms with Crippen LogP contribution in [0.25, 0.3) is 0 Å². The molecule has 2 rings (SSSR count). The monoisotopic (exact) mass is 492 g/mol. The number of anilines is 1. The predicted octanol–water partition coefficient (Wildman–Crippen LogP) is 3.44. The maximum absolute atomic E-state index is 5.99. The summed E-state index contributed by atoms with van der Waals surface area (Å²) in [6, 6.07) is 9.01. The maximum atomic E-state index is 5.99. The van der Waals surface area contributed by atoms with E-state index < -0.39 is 0 Å². The lowest BCUT2D eigenvalue weighted by Gasteiger charge is -2.14. The summed E-state index contributed by atoms with van der Waals surface area (Å²) >= 11 is 5.99. The molecule has 0 aliphatic rings. The maximum Gasteiger partial charge on any atom is 0.232 e. The van der Waals surface area contributed by atoms with E-state index in [1.807, 2.05) is 18.2 Å². The fourth-order valence-electron chi connectivity index (χ4n) is 2.02.